The van der Waals surface area contributed by atoms with Crippen LogP contribution in [0.4, 0.5) is 0 Å². The third-order valence-electron chi connectivity index (χ3n) is 4.42. The Kier molecular flexibility index (Phi) is 2.72. The van der Waals surface area contributed by atoms with Crippen LogP contribution in [0.5, 0.6) is 0 Å². The van der Waals surface area contributed by atoms with Crippen LogP contribution in [0.1, 0.15) is 49.1 Å². The highest BCUT2D eigenvalue weighted by molar-refractivity contribution is 5.39. The maximum absolute atomic E-state index is 9.99. The Balaban J connectivity index is 1.65. The first kappa shape index (κ1) is 10.3. The minimum absolute atomic E-state index is 0.0264. The maximum atomic E-state index is 9.99. The van der Waals surface area contributed by atoms with E-state index < -0.39 is 0 Å². The summed E-state index contributed by atoms with van der Waals surface area (Å²) in [6.45, 7) is 0. The number of aliphatic hydroxyl groups excluding tert-OH is 1. The van der Waals surface area contributed by atoms with Crippen molar-refractivity contribution in [2.45, 2.75) is 50.5 Å². The molecule has 0 bridgehead atoms. The zero-order valence-corrected chi connectivity index (χ0v) is 9.73. The van der Waals surface area contributed by atoms with E-state index in [9.17, 15) is 5.11 Å². The Morgan fingerprint density at radius 1 is 1.12 bits per heavy atom. The van der Waals surface area contributed by atoms with E-state index in [0.717, 1.165) is 12.3 Å². The number of rotatable bonds is 2. The van der Waals surface area contributed by atoms with E-state index in [4.69, 9.17) is 0 Å². The molecular formula is C15H20O. The van der Waals surface area contributed by atoms with E-state index in [1.54, 1.807) is 5.56 Å². The highest BCUT2D eigenvalue weighted by Crippen LogP contribution is 2.42. The molecule has 16 heavy (non-hydrogen) atoms. The average Bonchev–Trinajstić information content (AvgIpc) is 2.28. The van der Waals surface area contributed by atoms with Crippen LogP contribution in [0.3, 0.4) is 0 Å². The monoisotopic (exact) mass is 216 g/mol. The molecule has 3 rings (SSSR count). The SMILES string of the molecule is OC1CCCCC1CC1Cc2ccccc21. The lowest BCUT2D eigenvalue weighted by Gasteiger charge is -2.36. The van der Waals surface area contributed by atoms with Crippen LogP contribution in [-0.2, 0) is 6.42 Å². The predicted molar refractivity (Wildman–Crippen MR) is 65.5 cm³/mol. The average molecular weight is 216 g/mol. The summed E-state index contributed by atoms with van der Waals surface area (Å²) in [6.07, 6.45) is 7.22. The van der Waals surface area contributed by atoms with Gasteiger partial charge in [0.25, 0.3) is 0 Å². The van der Waals surface area contributed by atoms with E-state index in [1.807, 2.05) is 0 Å². The van der Waals surface area contributed by atoms with Crippen molar-refractivity contribution in [1.29, 1.82) is 0 Å². The molecule has 1 N–H and O–H groups in total. The molecule has 1 aromatic carbocycles. The first-order valence-electron chi connectivity index (χ1n) is 6.60. The van der Waals surface area contributed by atoms with Gasteiger partial charge in [0, 0.05) is 0 Å². The quantitative estimate of drug-likeness (QED) is 0.804. The fraction of sp³-hybridized carbons (Fsp3) is 0.600. The lowest BCUT2D eigenvalue weighted by Crippen LogP contribution is -2.29. The van der Waals surface area contributed by atoms with Crippen molar-refractivity contribution in [1.82, 2.24) is 0 Å². The van der Waals surface area contributed by atoms with Crippen LogP contribution < -0.4 is 0 Å². The summed E-state index contributed by atoms with van der Waals surface area (Å²) in [5.74, 6) is 1.29. The molecule has 0 aliphatic heterocycles. The molecule has 0 aromatic heterocycles. The summed E-state index contributed by atoms with van der Waals surface area (Å²) >= 11 is 0. The van der Waals surface area contributed by atoms with Crippen molar-refractivity contribution >= 4 is 0 Å². The van der Waals surface area contributed by atoms with Gasteiger partial charge in [0.05, 0.1) is 6.10 Å². The minimum Gasteiger partial charge on any atom is -0.393 e. The van der Waals surface area contributed by atoms with Crippen molar-refractivity contribution in [3.63, 3.8) is 0 Å². The van der Waals surface area contributed by atoms with Crippen LogP contribution in [0.25, 0.3) is 0 Å². The van der Waals surface area contributed by atoms with Gasteiger partial charge in [-0.3, -0.25) is 0 Å². The summed E-state index contributed by atoms with van der Waals surface area (Å²) in [5, 5.41) is 9.99. The molecule has 0 radical (unpaired) electrons. The van der Waals surface area contributed by atoms with Crippen molar-refractivity contribution in [3.8, 4) is 0 Å². The predicted octanol–water partition coefficient (Wildman–Crippen LogP) is 3.27. The number of benzene rings is 1. The zero-order valence-electron chi connectivity index (χ0n) is 9.73. The van der Waals surface area contributed by atoms with E-state index in [0.29, 0.717) is 5.92 Å². The van der Waals surface area contributed by atoms with Gasteiger partial charge in [-0.05, 0) is 48.6 Å². The highest BCUT2D eigenvalue weighted by atomic mass is 16.3. The fourth-order valence-electron chi connectivity index (χ4n) is 3.40. The van der Waals surface area contributed by atoms with Gasteiger partial charge in [-0.1, -0.05) is 37.1 Å². The molecule has 1 saturated carbocycles. The van der Waals surface area contributed by atoms with Gasteiger partial charge in [0.15, 0.2) is 0 Å². The van der Waals surface area contributed by atoms with Crippen LogP contribution in [0.15, 0.2) is 24.3 Å². The van der Waals surface area contributed by atoms with E-state index in [1.165, 1.54) is 37.7 Å². The largest absolute Gasteiger partial charge is 0.393 e. The van der Waals surface area contributed by atoms with Crippen LogP contribution in [0, 0.1) is 5.92 Å². The molecule has 1 heteroatoms. The third-order valence-corrected chi connectivity index (χ3v) is 4.42. The van der Waals surface area contributed by atoms with Crippen LogP contribution in [0.2, 0.25) is 0 Å². The molecule has 0 spiro atoms. The molecule has 0 amide bonds. The van der Waals surface area contributed by atoms with Crippen molar-refractivity contribution < 1.29 is 5.11 Å². The van der Waals surface area contributed by atoms with Gasteiger partial charge in [-0.25, -0.2) is 0 Å². The Hall–Kier alpha value is -0.820. The molecule has 86 valence electrons. The lowest BCUT2D eigenvalue weighted by atomic mass is 9.70. The second-order valence-electron chi connectivity index (χ2n) is 5.45. The van der Waals surface area contributed by atoms with Crippen LogP contribution >= 0.6 is 0 Å². The third kappa shape index (κ3) is 1.78. The van der Waals surface area contributed by atoms with Gasteiger partial charge >= 0.3 is 0 Å². The highest BCUT2D eigenvalue weighted by Gasteiger charge is 2.31. The molecule has 2 aliphatic rings. The van der Waals surface area contributed by atoms with Crippen molar-refractivity contribution in [2.75, 3.05) is 0 Å². The van der Waals surface area contributed by atoms with Gasteiger partial charge in [-0.15, -0.1) is 0 Å². The molecule has 2 aliphatic carbocycles. The zero-order chi connectivity index (χ0) is 11.0. The number of hydrogen-bond acceptors (Lipinski definition) is 1. The first-order chi connectivity index (χ1) is 7.84. The van der Waals surface area contributed by atoms with E-state index in [-0.39, 0.29) is 6.10 Å². The summed E-state index contributed by atoms with van der Waals surface area (Å²) in [5.41, 5.74) is 3.07. The number of fused-ring (bicyclic) bond motifs is 1. The summed E-state index contributed by atoms with van der Waals surface area (Å²) < 4.78 is 0. The van der Waals surface area contributed by atoms with E-state index in [2.05, 4.69) is 24.3 Å². The Labute approximate surface area is 97.5 Å². The molecule has 3 atom stereocenters. The maximum Gasteiger partial charge on any atom is 0.0568 e. The normalized spacial score (nSPS) is 32.9. The topological polar surface area (TPSA) is 20.2 Å². The Morgan fingerprint density at radius 3 is 2.75 bits per heavy atom. The summed E-state index contributed by atoms with van der Waals surface area (Å²) in [4.78, 5) is 0. The number of hydrogen-bond donors (Lipinski definition) is 1. The molecule has 1 fully saturated rings. The Bertz CT molecular complexity index is 371. The Morgan fingerprint density at radius 2 is 1.94 bits per heavy atom. The molecule has 1 aromatic rings. The lowest BCUT2D eigenvalue weighted by molar-refractivity contribution is 0.0600. The smallest absolute Gasteiger partial charge is 0.0568 e. The first-order valence-corrected chi connectivity index (χ1v) is 6.60. The molecule has 1 nitrogen and oxygen atoms in total. The second kappa shape index (κ2) is 4.21. The standard InChI is InChI=1S/C15H20O/c16-15-8-4-2-6-12(15)10-13-9-11-5-1-3-7-14(11)13/h1,3,5,7,12-13,15-16H,2,4,6,8-10H2. The van der Waals surface area contributed by atoms with E-state index >= 15 is 0 Å². The second-order valence-corrected chi connectivity index (χ2v) is 5.45. The van der Waals surface area contributed by atoms with Gasteiger partial charge < -0.3 is 5.11 Å². The minimum atomic E-state index is -0.0264. The molecule has 3 unspecified atom stereocenters. The molecular weight excluding hydrogens is 196 g/mol. The van der Waals surface area contributed by atoms with Crippen molar-refractivity contribution in [2.24, 2.45) is 5.92 Å². The van der Waals surface area contributed by atoms with Gasteiger partial charge in [0.2, 0.25) is 0 Å². The molecule has 0 heterocycles. The van der Waals surface area contributed by atoms with Gasteiger partial charge in [-0.2, -0.15) is 0 Å². The molecule has 0 saturated heterocycles. The van der Waals surface area contributed by atoms with Crippen molar-refractivity contribution in [3.05, 3.63) is 35.4 Å². The fourth-order valence-corrected chi connectivity index (χ4v) is 3.40. The van der Waals surface area contributed by atoms with Crippen LogP contribution in [-0.4, -0.2) is 11.2 Å². The summed E-state index contributed by atoms with van der Waals surface area (Å²) in [6, 6.07) is 8.77. The summed E-state index contributed by atoms with van der Waals surface area (Å²) in [7, 11) is 0. The van der Waals surface area contributed by atoms with Gasteiger partial charge in [0.1, 0.15) is 0 Å². The number of aliphatic hydroxyl groups is 1.